The summed E-state index contributed by atoms with van der Waals surface area (Å²) in [5.74, 6) is 1.77. The maximum absolute atomic E-state index is 11.7. The van der Waals surface area contributed by atoms with E-state index in [1.807, 2.05) is 6.92 Å². The standard InChI is InChI=1S/C11H19NOS2/c1-3-10-4-5-11(14-10)8-15(13)7-9(2)6-12/h4-5,9H,3,6-8,12H2,1-2H3. The Kier molecular flexibility index (Phi) is 5.50. The second-order valence-corrected chi connectivity index (χ2v) is 6.57. The van der Waals surface area contributed by atoms with Crippen molar-refractivity contribution >= 4 is 22.1 Å². The van der Waals surface area contributed by atoms with Crippen molar-refractivity contribution in [1.82, 2.24) is 0 Å². The smallest absolute Gasteiger partial charge is 0.0579 e. The molecule has 0 aliphatic carbocycles. The normalized spacial score (nSPS) is 15.1. The van der Waals surface area contributed by atoms with E-state index in [1.165, 1.54) is 9.75 Å². The lowest BCUT2D eigenvalue weighted by molar-refractivity contribution is 0.640. The molecule has 0 aliphatic heterocycles. The molecule has 2 N–H and O–H groups in total. The van der Waals surface area contributed by atoms with Crippen LogP contribution in [0.5, 0.6) is 0 Å². The van der Waals surface area contributed by atoms with Gasteiger partial charge in [0, 0.05) is 26.3 Å². The quantitative estimate of drug-likeness (QED) is 0.834. The van der Waals surface area contributed by atoms with E-state index < -0.39 is 10.8 Å². The Morgan fingerprint density at radius 2 is 2.13 bits per heavy atom. The summed E-state index contributed by atoms with van der Waals surface area (Å²) in [6, 6.07) is 4.22. The Morgan fingerprint density at radius 3 is 2.67 bits per heavy atom. The van der Waals surface area contributed by atoms with Crippen molar-refractivity contribution in [3.8, 4) is 0 Å². The summed E-state index contributed by atoms with van der Waals surface area (Å²) in [5.41, 5.74) is 5.51. The lowest BCUT2D eigenvalue weighted by Gasteiger charge is -2.06. The summed E-state index contributed by atoms with van der Waals surface area (Å²) in [6.07, 6.45) is 1.07. The molecule has 0 amide bonds. The molecule has 0 aromatic carbocycles. The number of aryl methyl sites for hydroxylation is 1. The van der Waals surface area contributed by atoms with Crippen LogP contribution in [0.2, 0.25) is 0 Å². The summed E-state index contributed by atoms with van der Waals surface area (Å²) < 4.78 is 11.7. The van der Waals surface area contributed by atoms with E-state index >= 15 is 0 Å². The Hall–Kier alpha value is -0.190. The van der Waals surface area contributed by atoms with E-state index in [0.717, 1.165) is 12.2 Å². The van der Waals surface area contributed by atoms with Crippen LogP contribution < -0.4 is 5.73 Å². The lowest BCUT2D eigenvalue weighted by Crippen LogP contribution is -2.18. The SMILES string of the molecule is CCc1ccc(CS(=O)CC(C)CN)s1. The maximum Gasteiger partial charge on any atom is 0.0579 e. The molecule has 1 rings (SSSR count). The summed E-state index contributed by atoms with van der Waals surface area (Å²) >= 11 is 1.77. The van der Waals surface area contributed by atoms with Crippen LogP contribution in [0.1, 0.15) is 23.6 Å². The van der Waals surface area contributed by atoms with E-state index in [2.05, 4.69) is 19.1 Å². The molecule has 0 radical (unpaired) electrons. The molecule has 0 saturated carbocycles. The fraction of sp³-hybridized carbons (Fsp3) is 0.636. The molecule has 0 aliphatic rings. The second kappa shape index (κ2) is 6.40. The molecule has 0 bridgehead atoms. The first kappa shape index (κ1) is 12.9. The summed E-state index contributed by atoms with van der Waals surface area (Å²) in [7, 11) is -0.759. The zero-order valence-corrected chi connectivity index (χ0v) is 11.0. The molecule has 0 saturated heterocycles. The topological polar surface area (TPSA) is 43.1 Å². The van der Waals surface area contributed by atoms with Gasteiger partial charge in [-0.05, 0) is 31.0 Å². The monoisotopic (exact) mass is 245 g/mol. The van der Waals surface area contributed by atoms with Crippen LogP contribution in [0.3, 0.4) is 0 Å². The minimum Gasteiger partial charge on any atom is -0.330 e. The largest absolute Gasteiger partial charge is 0.330 e. The molecule has 1 aromatic heterocycles. The van der Waals surface area contributed by atoms with Crippen LogP contribution >= 0.6 is 11.3 Å². The summed E-state index contributed by atoms with van der Waals surface area (Å²) in [4.78, 5) is 2.60. The van der Waals surface area contributed by atoms with Crippen molar-refractivity contribution in [2.24, 2.45) is 11.7 Å². The average molecular weight is 245 g/mol. The highest BCUT2D eigenvalue weighted by Crippen LogP contribution is 2.18. The highest BCUT2D eigenvalue weighted by atomic mass is 32.2. The van der Waals surface area contributed by atoms with Crippen molar-refractivity contribution < 1.29 is 4.21 Å². The van der Waals surface area contributed by atoms with Crippen LogP contribution in [0.4, 0.5) is 0 Å². The lowest BCUT2D eigenvalue weighted by atomic mass is 10.2. The van der Waals surface area contributed by atoms with Gasteiger partial charge in [-0.2, -0.15) is 0 Å². The average Bonchev–Trinajstić information content (AvgIpc) is 2.65. The summed E-state index contributed by atoms with van der Waals surface area (Å²) in [5, 5.41) is 0. The molecule has 15 heavy (non-hydrogen) atoms. The predicted molar refractivity (Wildman–Crippen MR) is 68.6 cm³/mol. The molecule has 1 aromatic rings. The molecule has 1 heterocycles. The minimum atomic E-state index is -0.759. The predicted octanol–water partition coefficient (Wildman–Crippen LogP) is 2.15. The van der Waals surface area contributed by atoms with Crippen molar-refractivity contribution in [2.45, 2.75) is 26.0 Å². The zero-order chi connectivity index (χ0) is 11.3. The highest BCUT2D eigenvalue weighted by molar-refractivity contribution is 7.84. The second-order valence-electron chi connectivity index (χ2n) is 3.81. The number of hydrogen-bond acceptors (Lipinski definition) is 3. The molecular weight excluding hydrogens is 226 g/mol. The molecular formula is C11H19NOS2. The molecule has 86 valence electrons. The first-order chi connectivity index (χ1) is 7.15. The van der Waals surface area contributed by atoms with E-state index in [1.54, 1.807) is 11.3 Å². The minimum absolute atomic E-state index is 0.358. The van der Waals surface area contributed by atoms with Gasteiger partial charge in [0.05, 0.1) is 5.75 Å². The number of rotatable bonds is 6. The van der Waals surface area contributed by atoms with Crippen LogP contribution in [0, 0.1) is 5.92 Å². The first-order valence-electron chi connectivity index (χ1n) is 5.28. The fourth-order valence-electron chi connectivity index (χ4n) is 1.29. The van der Waals surface area contributed by atoms with E-state index in [4.69, 9.17) is 5.73 Å². The molecule has 2 nitrogen and oxygen atoms in total. The Labute approximate surface area is 98.3 Å². The van der Waals surface area contributed by atoms with Crippen LogP contribution in [0.15, 0.2) is 12.1 Å². The van der Waals surface area contributed by atoms with Gasteiger partial charge >= 0.3 is 0 Å². The van der Waals surface area contributed by atoms with Gasteiger partial charge in [0.15, 0.2) is 0 Å². The Bertz CT molecular complexity index is 322. The third-order valence-corrected chi connectivity index (χ3v) is 5.23. The summed E-state index contributed by atoms with van der Waals surface area (Å²) in [6.45, 7) is 4.81. The maximum atomic E-state index is 11.7. The number of nitrogens with two attached hydrogens (primary N) is 1. The molecule has 2 unspecified atom stereocenters. The van der Waals surface area contributed by atoms with Crippen LogP contribution in [0.25, 0.3) is 0 Å². The van der Waals surface area contributed by atoms with Crippen molar-refractivity contribution in [2.75, 3.05) is 12.3 Å². The fourth-order valence-corrected chi connectivity index (χ4v) is 3.98. The van der Waals surface area contributed by atoms with Crippen LogP contribution in [-0.2, 0) is 23.0 Å². The van der Waals surface area contributed by atoms with Gasteiger partial charge in [0.2, 0.25) is 0 Å². The number of thiophene rings is 1. The molecule has 4 heteroatoms. The van der Waals surface area contributed by atoms with E-state index in [9.17, 15) is 4.21 Å². The van der Waals surface area contributed by atoms with E-state index in [-0.39, 0.29) is 0 Å². The van der Waals surface area contributed by atoms with Crippen molar-refractivity contribution in [3.63, 3.8) is 0 Å². The van der Waals surface area contributed by atoms with Crippen molar-refractivity contribution in [1.29, 1.82) is 0 Å². The van der Waals surface area contributed by atoms with Crippen LogP contribution in [-0.4, -0.2) is 16.5 Å². The van der Waals surface area contributed by atoms with Gasteiger partial charge in [-0.1, -0.05) is 13.8 Å². The van der Waals surface area contributed by atoms with E-state index in [0.29, 0.717) is 18.2 Å². The third-order valence-electron chi connectivity index (χ3n) is 2.24. The highest BCUT2D eigenvalue weighted by Gasteiger charge is 2.08. The Balaban J connectivity index is 2.44. The van der Waals surface area contributed by atoms with Gasteiger partial charge in [0.25, 0.3) is 0 Å². The molecule has 2 atom stereocenters. The van der Waals surface area contributed by atoms with Gasteiger partial charge in [0.1, 0.15) is 0 Å². The molecule has 0 spiro atoms. The zero-order valence-electron chi connectivity index (χ0n) is 9.36. The Morgan fingerprint density at radius 1 is 1.47 bits per heavy atom. The van der Waals surface area contributed by atoms with Crippen molar-refractivity contribution in [3.05, 3.63) is 21.9 Å². The number of hydrogen-bond donors (Lipinski definition) is 1. The van der Waals surface area contributed by atoms with Gasteiger partial charge in [-0.3, -0.25) is 4.21 Å². The molecule has 0 fully saturated rings. The van der Waals surface area contributed by atoms with Gasteiger partial charge < -0.3 is 5.73 Å². The van der Waals surface area contributed by atoms with Gasteiger partial charge in [-0.25, -0.2) is 0 Å². The third kappa shape index (κ3) is 4.45. The van der Waals surface area contributed by atoms with Gasteiger partial charge in [-0.15, -0.1) is 11.3 Å². The first-order valence-corrected chi connectivity index (χ1v) is 7.58.